The maximum Gasteiger partial charge on any atom is 0.253 e. The first-order valence-corrected chi connectivity index (χ1v) is 11.2. The fourth-order valence-electron chi connectivity index (χ4n) is 2.89. The predicted molar refractivity (Wildman–Crippen MR) is 113 cm³/mol. The molecule has 2 aromatic carbocycles. The second-order valence-electron chi connectivity index (χ2n) is 6.21. The van der Waals surface area contributed by atoms with Gasteiger partial charge in [0.25, 0.3) is 5.91 Å². The van der Waals surface area contributed by atoms with Crippen LogP contribution in [0.3, 0.4) is 0 Å². The first-order chi connectivity index (χ1) is 13.3. The second kappa shape index (κ2) is 9.54. The summed E-state index contributed by atoms with van der Waals surface area (Å²) in [6.45, 7) is 4.61. The normalized spacial score (nSPS) is 11.5. The van der Waals surface area contributed by atoms with Gasteiger partial charge in [-0.05, 0) is 29.8 Å². The molecule has 0 aliphatic rings. The monoisotopic (exact) mass is 468 g/mol. The fraction of sp³-hybridized carbons (Fsp3) is 0.350. The zero-order valence-corrected chi connectivity index (χ0v) is 18.9. The van der Waals surface area contributed by atoms with Gasteiger partial charge in [-0.25, -0.2) is 8.42 Å². The smallest absolute Gasteiger partial charge is 0.253 e. The van der Waals surface area contributed by atoms with Gasteiger partial charge in [-0.3, -0.25) is 4.79 Å². The van der Waals surface area contributed by atoms with Crippen molar-refractivity contribution in [2.45, 2.75) is 25.3 Å². The molecule has 0 fully saturated rings. The number of methoxy groups -OCH3 is 1. The largest absolute Gasteiger partial charge is 0.495 e. The van der Waals surface area contributed by atoms with Crippen molar-refractivity contribution in [1.29, 1.82) is 0 Å². The molecule has 152 valence electrons. The van der Waals surface area contributed by atoms with E-state index in [0.29, 0.717) is 25.2 Å². The molecule has 1 amide bonds. The number of nitrogens with zero attached hydrogens (tertiary/aromatic N) is 2. The van der Waals surface area contributed by atoms with Gasteiger partial charge in [0, 0.05) is 36.7 Å². The summed E-state index contributed by atoms with van der Waals surface area (Å²) in [6.07, 6.45) is 0. The summed E-state index contributed by atoms with van der Waals surface area (Å²) in [7, 11) is -0.662. The van der Waals surface area contributed by atoms with E-state index >= 15 is 0 Å². The van der Waals surface area contributed by atoms with Gasteiger partial charge in [0.15, 0.2) is 0 Å². The van der Waals surface area contributed by atoms with Crippen LogP contribution in [-0.2, 0) is 16.6 Å². The standard InChI is InChI=1S/C20H25BrN2O4S/c1-5-23(6-2)28(25,26)19-13-15(11-12-18(19)27-4)20(24)22(3)14-16-9-7-8-10-17(16)21/h7-13H,5-6,14H2,1-4H3. The molecule has 6 nitrogen and oxygen atoms in total. The minimum Gasteiger partial charge on any atom is -0.495 e. The van der Waals surface area contributed by atoms with Gasteiger partial charge < -0.3 is 9.64 Å². The van der Waals surface area contributed by atoms with Gasteiger partial charge in [0.2, 0.25) is 10.0 Å². The maximum absolute atomic E-state index is 13.0. The number of carbonyl (C=O) groups is 1. The van der Waals surface area contributed by atoms with Gasteiger partial charge in [0.1, 0.15) is 10.6 Å². The Morgan fingerprint density at radius 3 is 2.32 bits per heavy atom. The zero-order valence-electron chi connectivity index (χ0n) is 16.5. The summed E-state index contributed by atoms with van der Waals surface area (Å²) < 4.78 is 33.4. The number of carbonyl (C=O) groups excluding carboxylic acids is 1. The van der Waals surface area contributed by atoms with Crippen molar-refractivity contribution in [2.75, 3.05) is 27.2 Å². The predicted octanol–water partition coefficient (Wildman–Crippen LogP) is 3.76. The van der Waals surface area contributed by atoms with Crippen LogP contribution in [0.4, 0.5) is 0 Å². The third-order valence-corrected chi connectivity index (χ3v) is 7.29. The molecule has 0 aromatic heterocycles. The van der Waals surface area contributed by atoms with E-state index in [2.05, 4.69) is 15.9 Å². The van der Waals surface area contributed by atoms with Crippen molar-refractivity contribution in [1.82, 2.24) is 9.21 Å². The molecule has 0 bridgehead atoms. The number of hydrogen-bond acceptors (Lipinski definition) is 4. The minimum absolute atomic E-state index is 0.00107. The summed E-state index contributed by atoms with van der Waals surface area (Å²) in [5.41, 5.74) is 1.25. The lowest BCUT2D eigenvalue weighted by molar-refractivity contribution is 0.0784. The highest BCUT2D eigenvalue weighted by Gasteiger charge is 2.27. The summed E-state index contributed by atoms with van der Waals surface area (Å²) in [6, 6.07) is 12.2. The van der Waals surface area contributed by atoms with E-state index in [1.807, 2.05) is 24.3 Å². The molecule has 0 saturated carbocycles. The Balaban J connectivity index is 2.39. The van der Waals surface area contributed by atoms with Crippen molar-refractivity contribution in [3.63, 3.8) is 0 Å². The third-order valence-electron chi connectivity index (χ3n) is 4.45. The first kappa shape index (κ1) is 22.4. The van der Waals surface area contributed by atoms with E-state index in [1.54, 1.807) is 31.9 Å². The number of benzene rings is 2. The summed E-state index contributed by atoms with van der Waals surface area (Å²) in [5.74, 6) is -0.0497. The van der Waals surface area contributed by atoms with Crippen molar-refractivity contribution in [2.24, 2.45) is 0 Å². The van der Waals surface area contributed by atoms with Gasteiger partial charge in [0.05, 0.1) is 7.11 Å². The average molecular weight is 469 g/mol. The van der Waals surface area contributed by atoms with Crippen molar-refractivity contribution >= 4 is 31.9 Å². The molecule has 2 rings (SSSR count). The molecule has 28 heavy (non-hydrogen) atoms. The van der Waals surface area contributed by atoms with Crippen LogP contribution in [0.5, 0.6) is 5.75 Å². The first-order valence-electron chi connectivity index (χ1n) is 8.93. The summed E-state index contributed by atoms with van der Waals surface area (Å²) in [4.78, 5) is 14.5. The fourth-order valence-corrected chi connectivity index (χ4v) is 4.94. The van der Waals surface area contributed by atoms with Crippen molar-refractivity contribution < 1.29 is 17.9 Å². The number of sulfonamides is 1. The number of amides is 1. The Hall–Kier alpha value is -1.90. The van der Waals surface area contributed by atoms with Gasteiger partial charge in [-0.2, -0.15) is 4.31 Å². The Morgan fingerprint density at radius 2 is 1.75 bits per heavy atom. The lowest BCUT2D eigenvalue weighted by atomic mass is 10.1. The molecule has 0 aliphatic carbocycles. The third kappa shape index (κ3) is 4.74. The summed E-state index contributed by atoms with van der Waals surface area (Å²) >= 11 is 3.48. The van der Waals surface area contributed by atoms with Gasteiger partial charge in [-0.15, -0.1) is 0 Å². The lowest BCUT2D eigenvalue weighted by Crippen LogP contribution is -2.31. The molecule has 0 saturated heterocycles. The van der Waals surface area contributed by atoms with Crippen LogP contribution >= 0.6 is 15.9 Å². The molecular formula is C20H25BrN2O4S. The summed E-state index contributed by atoms with van der Waals surface area (Å²) in [5, 5.41) is 0. The van der Waals surface area contributed by atoms with E-state index < -0.39 is 10.0 Å². The Kier molecular flexibility index (Phi) is 7.63. The molecule has 0 atom stereocenters. The van der Waals surface area contributed by atoms with Crippen LogP contribution in [0, 0.1) is 0 Å². The van der Waals surface area contributed by atoms with Gasteiger partial charge >= 0.3 is 0 Å². The van der Waals surface area contributed by atoms with E-state index in [4.69, 9.17) is 4.74 Å². The van der Waals surface area contributed by atoms with E-state index in [-0.39, 0.29) is 16.6 Å². The van der Waals surface area contributed by atoms with Crippen LogP contribution in [0.25, 0.3) is 0 Å². The van der Waals surface area contributed by atoms with E-state index in [9.17, 15) is 13.2 Å². The number of rotatable bonds is 8. The van der Waals surface area contributed by atoms with Crippen molar-refractivity contribution in [3.05, 3.63) is 58.1 Å². The highest BCUT2D eigenvalue weighted by molar-refractivity contribution is 9.10. The molecule has 2 aromatic rings. The zero-order chi connectivity index (χ0) is 20.9. The molecule has 0 spiro atoms. The molecule has 0 N–H and O–H groups in total. The molecule has 0 heterocycles. The Labute approximate surface area is 175 Å². The number of ether oxygens (including phenoxy) is 1. The van der Waals surface area contributed by atoms with E-state index in [1.165, 1.54) is 23.5 Å². The minimum atomic E-state index is -3.76. The topological polar surface area (TPSA) is 66.9 Å². The van der Waals surface area contributed by atoms with Crippen LogP contribution < -0.4 is 4.74 Å². The van der Waals surface area contributed by atoms with Crippen LogP contribution in [0.1, 0.15) is 29.8 Å². The molecular weight excluding hydrogens is 444 g/mol. The maximum atomic E-state index is 13.0. The number of hydrogen-bond donors (Lipinski definition) is 0. The second-order valence-corrected chi connectivity index (χ2v) is 8.97. The molecule has 0 unspecified atom stereocenters. The quantitative estimate of drug-likeness (QED) is 0.591. The Bertz CT molecular complexity index is 943. The highest BCUT2D eigenvalue weighted by atomic mass is 79.9. The molecule has 8 heteroatoms. The lowest BCUT2D eigenvalue weighted by Gasteiger charge is -2.22. The van der Waals surface area contributed by atoms with Gasteiger partial charge in [-0.1, -0.05) is 48.0 Å². The Morgan fingerprint density at radius 1 is 1.11 bits per heavy atom. The average Bonchev–Trinajstić information content (AvgIpc) is 2.69. The van der Waals surface area contributed by atoms with E-state index in [0.717, 1.165) is 10.0 Å². The molecule has 0 aliphatic heterocycles. The number of halogens is 1. The van der Waals surface area contributed by atoms with Crippen LogP contribution in [0.15, 0.2) is 51.8 Å². The SMILES string of the molecule is CCN(CC)S(=O)(=O)c1cc(C(=O)N(C)Cc2ccccc2Br)ccc1OC. The molecule has 0 radical (unpaired) electrons. The van der Waals surface area contributed by atoms with Crippen LogP contribution in [0.2, 0.25) is 0 Å². The van der Waals surface area contributed by atoms with Crippen LogP contribution in [-0.4, -0.2) is 50.8 Å². The van der Waals surface area contributed by atoms with Crippen molar-refractivity contribution in [3.8, 4) is 5.75 Å². The highest BCUT2D eigenvalue weighted by Crippen LogP contribution is 2.28.